The highest BCUT2D eigenvalue weighted by atomic mass is 35.5. The molecule has 2 aromatic heterocycles. The zero-order chi connectivity index (χ0) is 12.4. The van der Waals surface area contributed by atoms with Gasteiger partial charge < -0.3 is 9.30 Å². The maximum Gasteiger partial charge on any atom is 0.107 e. The van der Waals surface area contributed by atoms with E-state index in [1.54, 1.807) is 7.11 Å². The predicted octanol–water partition coefficient (Wildman–Crippen LogP) is 3.60. The zero-order valence-electron chi connectivity index (χ0n) is 10.4. The van der Waals surface area contributed by atoms with Crippen molar-refractivity contribution >= 4 is 22.6 Å². The third-order valence-corrected chi connectivity index (χ3v) is 3.26. The fourth-order valence-corrected chi connectivity index (χ4v) is 2.33. The summed E-state index contributed by atoms with van der Waals surface area (Å²) in [4.78, 5) is 4.38. The molecule has 2 rings (SSSR count). The van der Waals surface area contributed by atoms with Gasteiger partial charge in [-0.1, -0.05) is 18.5 Å². The van der Waals surface area contributed by atoms with Crippen molar-refractivity contribution in [1.29, 1.82) is 0 Å². The number of ether oxygens (including phenoxy) is 1. The SMILES string of the molecule is CC[C@H](COC)n1cc(Cl)c2ncc(C)cc21. The van der Waals surface area contributed by atoms with E-state index in [0.29, 0.717) is 17.7 Å². The second kappa shape index (κ2) is 5.07. The molecule has 0 aromatic carbocycles. The van der Waals surface area contributed by atoms with Crippen LogP contribution in [0.25, 0.3) is 11.0 Å². The molecule has 4 heteroatoms. The quantitative estimate of drug-likeness (QED) is 0.831. The van der Waals surface area contributed by atoms with Crippen LogP contribution in [0.5, 0.6) is 0 Å². The highest BCUT2D eigenvalue weighted by Crippen LogP contribution is 2.28. The molecule has 0 bridgehead atoms. The molecule has 0 amide bonds. The topological polar surface area (TPSA) is 27.1 Å². The first kappa shape index (κ1) is 12.4. The Labute approximate surface area is 106 Å². The van der Waals surface area contributed by atoms with E-state index in [2.05, 4.69) is 22.5 Å². The summed E-state index contributed by atoms with van der Waals surface area (Å²) in [6, 6.07) is 2.42. The van der Waals surface area contributed by atoms with Gasteiger partial charge >= 0.3 is 0 Å². The molecule has 0 unspecified atom stereocenters. The summed E-state index contributed by atoms with van der Waals surface area (Å²) >= 11 is 6.21. The Bertz CT molecular complexity index is 521. The summed E-state index contributed by atoms with van der Waals surface area (Å²) in [7, 11) is 1.72. The Kier molecular flexibility index (Phi) is 3.69. The smallest absolute Gasteiger partial charge is 0.107 e. The molecule has 2 aromatic rings. The summed E-state index contributed by atoms with van der Waals surface area (Å²) in [6.07, 6.45) is 4.80. The van der Waals surface area contributed by atoms with Gasteiger partial charge in [0.25, 0.3) is 0 Å². The van der Waals surface area contributed by atoms with Gasteiger partial charge in [0.05, 0.1) is 23.2 Å². The molecule has 17 heavy (non-hydrogen) atoms. The highest BCUT2D eigenvalue weighted by molar-refractivity contribution is 6.35. The van der Waals surface area contributed by atoms with Crippen molar-refractivity contribution in [3.63, 3.8) is 0 Å². The molecule has 0 aliphatic rings. The van der Waals surface area contributed by atoms with Crippen LogP contribution in [0.1, 0.15) is 24.9 Å². The molecular weight excluding hydrogens is 236 g/mol. The van der Waals surface area contributed by atoms with Gasteiger partial charge in [0.2, 0.25) is 0 Å². The Morgan fingerprint density at radius 2 is 2.29 bits per heavy atom. The van der Waals surface area contributed by atoms with Gasteiger partial charge in [-0.05, 0) is 25.0 Å². The van der Waals surface area contributed by atoms with Crippen LogP contribution in [0.2, 0.25) is 5.02 Å². The van der Waals surface area contributed by atoms with Crippen LogP contribution in [-0.4, -0.2) is 23.3 Å². The molecule has 92 valence electrons. The van der Waals surface area contributed by atoms with Gasteiger partial charge in [-0.2, -0.15) is 0 Å². The largest absolute Gasteiger partial charge is 0.383 e. The fourth-order valence-electron chi connectivity index (χ4n) is 2.08. The molecule has 1 atom stereocenters. The number of aryl methyl sites for hydroxylation is 1. The minimum Gasteiger partial charge on any atom is -0.383 e. The van der Waals surface area contributed by atoms with Crippen LogP contribution in [-0.2, 0) is 4.74 Å². The molecule has 0 saturated carbocycles. The number of hydrogen-bond donors (Lipinski definition) is 0. The van der Waals surface area contributed by atoms with E-state index >= 15 is 0 Å². The average molecular weight is 253 g/mol. The van der Waals surface area contributed by atoms with Gasteiger partial charge in [0, 0.05) is 19.5 Å². The van der Waals surface area contributed by atoms with Crippen molar-refractivity contribution in [2.75, 3.05) is 13.7 Å². The van der Waals surface area contributed by atoms with Gasteiger partial charge in [0.15, 0.2) is 0 Å². The number of methoxy groups -OCH3 is 1. The molecule has 0 N–H and O–H groups in total. The third kappa shape index (κ3) is 2.31. The maximum atomic E-state index is 6.21. The first-order valence-electron chi connectivity index (χ1n) is 5.79. The monoisotopic (exact) mass is 252 g/mol. The first-order valence-corrected chi connectivity index (χ1v) is 6.16. The predicted molar refractivity (Wildman–Crippen MR) is 70.7 cm³/mol. The number of pyridine rings is 1. The van der Waals surface area contributed by atoms with Crippen molar-refractivity contribution in [2.45, 2.75) is 26.3 Å². The van der Waals surface area contributed by atoms with Gasteiger partial charge in [-0.15, -0.1) is 0 Å². The lowest BCUT2D eigenvalue weighted by molar-refractivity contribution is 0.155. The molecular formula is C13H17ClN2O. The van der Waals surface area contributed by atoms with Crippen LogP contribution in [0, 0.1) is 6.92 Å². The van der Waals surface area contributed by atoms with E-state index in [0.717, 1.165) is 23.0 Å². The normalized spacial score (nSPS) is 13.2. The second-order valence-corrected chi connectivity index (χ2v) is 4.69. The van der Waals surface area contributed by atoms with Crippen molar-refractivity contribution in [3.8, 4) is 0 Å². The summed E-state index contributed by atoms with van der Waals surface area (Å²) in [5.41, 5.74) is 3.09. The lowest BCUT2D eigenvalue weighted by atomic mass is 10.2. The first-order chi connectivity index (χ1) is 8.17. The second-order valence-electron chi connectivity index (χ2n) is 4.28. The number of aromatic nitrogens is 2. The standard InChI is InChI=1S/C13H17ClN2O/c1-4-10(8-17-3)16-7-11(14)13-12(16)5-9(2)6-15-13/h5-7,10H,4,8H2,1-3H3/t10-/m1/s1. The lowest BCUT2D eigenvalue weighted by Crippen LogP contribution is -2.12. The molecule has 2 heterocycles. The molecule has 3 nitrogen and oxygen atoms in total. The Balaban J connectivity index is 2.56. The number of halogens is 1. The van der Waals surface area contributed by atoms with E-state index in [-0.39, 0.29) is 0 Å². The minimum absolute atomic E-state index is 0.304. The van der Waals surface area contributed by atoms with Gasteiger partial charge in [-0.3, -0.25) is 4.98 Å². The molecule has 0 radical (unpaired) electrons. The van der Waals surface area contributed by atoms with E-state index < -0.39 is 0 Å². The zero-order valence-corrected chi connectivity index (χ0v) is 11.2. The van der Waals surface area contributed by atoms with Crippen LogP contribution >= 0.6 is 11.6 Å². The molecule has 0 aliphatic carbocycles. The minimum atomic E-state index is 0.304. The van der Waals surface area contributed by atoms with Crippen LogP contribution < -0.4 is 0 Å². The van der Waals surface area contributed by atoms with Crippen molar-refractivity contribution in [3.05, 3.63) is 29.0 Å². The molecule has 0 spiro atoms. The van der Waals surface area contributed by atoms with Crippen molar-refractivity contribution in [2.24, 2.45) is 0 Å². The van der Waals surface area contributed by atoms with Gasteiger partial charge in [-0.25, -0.2) is 0 Å². The average Bonchev–Trinajstić information content (AvgIpc) is 2.63. The number of rotatable bonds is 4. The summed E-state index contributed by atoms with van der Waals surface area (Å²) in [5, 5.41) is 0.703. The Hall–Kier alpha value is -1.06. The summed E-state index contributed by atoms with van der Waals surface area (Å²) in [6.45, 7) is 4.87. The van der Waals surface area contributed by atoms with Crippen LogP contribution in [0.15, 0.2) is 18.5 Å². The summed E-state index contributed by atoms with van der Waals surface area (Å²) in [5.74, 6) is 0. The van der Waals surface area contributed by atoms with Crippen molar-refractivity contribution < 1.29 is 4.74 Å². The summed E-state index contributed by atoms with van der Waals surface area (Å²) < 4.78 is 7.42. The van der Waals surface area contributed by atoms with Crippen molar-refractivity contribution in [1.82, 2.24) is 9.55 Å². The van der Waals surface area contributed by atoms with Gasteiger partial charge in [0.1, 0.15) is 5.52 Å². The number of hydrogen-bond acceptors (Lipinski definition) is 2. The van der Waals surface area contributed by atoms with Crippen LogP contribution in [0.4, 0.5) is 0 Å². The van der Waals surface area contributed by atoms with Crippen LogP contribution in [0.3, 0.4) is 0 Å². The van der Waals surface area contributed by atoms with E-state index in [9.17, 15) is 0 Å². The Morgan fingerprint density at radius 3 is 2.94 bits per heavy atom. The maximum absolute atomic E-state index is 6.21. The fraction of sp³-hybridized carbons (Fsp3) is 0.462. The van der Waals surface area contributed by atoms with E-state index in [4.69, 9.17) is 16.3 Å². The highest BCUT2D eigenvalue weighted by Gasteiger charge is 2.15. The number of nitrogens with zero attached hydrogens (tertiary/aromatic N) is 2. The van der Waals surface area contributed by atoms with E-state index in [1.807, 2.05) is 19.3 Å². The third-order valence-electron chi connectivity index (χ3n) is 2.98. The van der Waals surface area contributed by atoms with E-state index in [1.165, 1.54) is 0 Å². The molecule has 0 fully saturated rings. The molecule has 0 aliphatic heterocycles. The Morgan fingerprint density at radius 1 is 1.53 bits per heavy atom. The lowest BCUT2D eigenvalue weighted by Gasteiger charge is -2.17. The molecule has 0 saturated heterocycles. The number of fused-ring (bicyclic) bond motifs is 1.